The number of alkyl carbamates (subject to hydrolysis) is 1. The van der Waals surface area contributed by atoms with Crippen molar-refractivity contribution in [1.82, 2.24) is 15.2 Å². The second-order valence-corrected chi connectivity index (χ2v) is 11.3. The Morgan fingerprint density at radius 3 is 2.24 bits per heavy atom. The Kier molecular flexibility index (Phi) is 8.86. The molecule has 0 saturated heterocycles. The van der Waals surface area contributed by atoms with Gasteiger partial charge in [-0.25, -0.2) is 9.59 Å². The van der Waals surface area contributed by atoms with Crippen LogP contribution in [0.4, 0.5) is 10.5 Å². The van der Waals surface area contributed by atoms with Crippen molar-refractivity contribution >= 4 is 34.6 Å². The minimum Gasteiger partial charge on any atom is -0.462 e. The smallest absolute Gasteiger partial charge is 0.407 e. The number of benzene rings is 2. The summed E-state index contributed by atoms with van der Waals surface area (Å²) in [5.74, 6) is -0.701. The number of carbonyl (C=O) groups excluding carboxylic acids is 3. The molecule has 1 aliphatic carbocycles. The summed E-state index contributed by atoms with van der Waals surface area (Å²) >= 11 is 0. The second kappa shape index (κ2) is 12.3. The summed E-state index contributed by atoms with van der Waals surface area (Å²) in [6, 6.07) is 14.2. The van der Waals surface area contributed by atoms with Crippen LogP contribution in [0.5, 0.6) is 0 Å². The number of hydrogen-bond donors (Lipinski definition) is 3. The number of amides is 2. The van der Waals surface area contributed by atoms with E-state index in [0.717, 1.165) is 5.56 Å². The topological polar surface area (TPSA) is 148 Å². The predicted molar refractivity (Wildman–Crippen MR) is 155 cm³/mol. The lowest BCUT2D eigenvalue weighted by molar-refractivity contribution is 0.0485. The van der Waals surface area contributed by atoms with Gasteiger partial charge in [0.05, 0.1) is 35.0 Å². The number of nitrogens with zero attached hydrogens (tertiary/aromatic N) is 2. The van der Waals surface area contributed by atoms with Gasteiger partial charge in [0.2, 0.25) is 0 Å². The quantitative estimate of drug-likeness (QED) is 0.349. The van der Waals surface area contributed by atoms with E-state index in [1.165, 1.54) is 0 Å². The summed E-state index contributed by atoms with van der Waals surface area (Å²) in [6.45, 7) is 7.82. The Balaban J connectivity index is 1.53. The van der Waals surface area contributed by atoms with Gasteiger partial charge in [0.25, 0.3) is 5.91 Å². The van der Waals surface area contributed by atoms with E-state index in [1.807, 2.05) is 37.5 Å². The van der Waals surface area contributed by atoms with E-state index < -0.39 is 17.7 Å². The molecule has 2 aromatic carbocycles. The van der Waals surface area contributed by atoms with Crippen molar-refractivity contribution in [3.05, 3.63) is 64.8 Å². The van der Waals surface area contributed by atoms with Gasteiger partial charge in [-0.1, -0.05) is 12.1 Å². The van der Waals surface area contributed by atoms with Gasteiger partial charge in [-0.2, -0.15) is 5.26 Å². The van der Waals surface area contributed by atoms with Crippen molar-refractivity contribution in [2.75, 3.05) is 12.3 Å². The third-order valence-electron chi connectivity index (χ3n) is 7.04. The van der Waals surface area contributed by atoms with Gasteiger partial charge >= 0.3 is 12.1 Å². The molecule has 41 heavy (non-hydrogen) atoms. The molecular formula is C31H37N5O5. The summed E-state index contributed by atoms with van der Waals surface area (Å²) in [5.41, 5.74) is 9.03. The molecule has 1 aliphatic rings. The molecule has 1 aromatic heterocycles. The number of nitrogens with one attached hydrogen (secondary N) is 2. The minimum atomic E-state index is -0.565. The third kappa shape index (κ3) is 7.17. The van der Waals surface area contributed by atoms with Crippen LogP contribution in [-0.4, -0.2) is 46.8 Å². The van der Waals surface area contributed by atoms with Crippen molar-refractivity contribution in [3.8, 4) is 6.07 Å². The summed E-state index contributed by atoms with van der Waals surface area (Å²) in [4.78, 5) is 37.9. The van der Waals surface area contributed by atoms with Crippen LogP contribution in [0.2, 0.25) is 0 Å². The molecule has 4 rings (SSSR count). The zero-order chi connectivity index (χ0) is 29.7. The van der Waals surface area contributed by atoms with Crippen LogP contribution in [0.1, 0.15) is 85.4 Å². The molecule has 0 aliphatic heterocycles. The number of rotatable bonds is 7. The fraction of sp³-hybridized carbons (Fsp3) is 0.419. The van der Waals surface area contributed by atoms with E-state index in [4.69, 9.17) is 15.2 Å². The first kappa shape index (κ1) is 29.5. The molecule has 216 valence electrons. The number of esters is 1. The first-order chi connectivity index (χ1) is 19.5. The maximum atomic E-state index is 13.7. The molecule has 0 unspecified atom stereocenters. The zero-order valence-corrected chi connectivity index (χ0v) is 24.0. The number of anilines is 1. The van der Waals surface area contributed by atoms with Gasteiger partial charge in [-0.3, -0.25) is 4.79 Å². The Bertz CT molecular complexity index is 1470. The number of nitrogen functional groups attached to an aromatic ring is 1. The lowest BCUT2D eigenvalue weighted by Gasteiger charge is -2.30. The average Bonchev–Trinajstić information content (AvgIpc) is 3.19. The van der Waals surface area contributed by atoms with Crippen molar-refractivity contribution < 1.29 is 23.9 Å². The standard InChI is InChI=1S/C31H37N5O5/c1-5-40-29(38)21-9-6-19(7-10-21)18-36-25-16-20(17-32)8-15-24(25)26(33)27(36)28(37)34-22-11-13-23(14-12-22)35-30(39)41-31(2,3)4/h6-10,15-16,22-23H,5,11-14,18,33H2,1-4H3,(H,34,37)(H,35,39)/t22-,23-. The first-order valence-corrected chi connectivity index (χ1v) is 13.9. The summed E-state index contributed by atoms with van der Waals surface area (Å²) in [7, 11) is 0. The highest BCUT2D eigenvalue weighted by Crippen LogP contribution is 2.31. The van der Waals surface area contributed by atoms with Crippen molar-refractivity contribution in [3.63, 3.8) is 0 Å². The molecule has 10 nitrogen and oxygen atoms in total. The highest BCUT2D eigenvalue weighted by atomic mass is 16.6. The third-order valence-corrected chi connectivity index (χ3v) is 7.04. The predicted octanol–water partition coefficient (Wildman–Crippen LogP) is 4.89. The summed E-state index contributed by atoms with van der Waals surface area (Å²) < 4.78 is 12.2. The lowest BCUT2D eigenvalue weighted by atomic mass is 9.91. The van der Waals surface area contributed by atoms with E-state index in [2.05, 4.69) is 16.7 Å². The highest BCUT2D eigenvalue weighted by molar-refractivity contribution is 6.08. The maximum Gasteiger partial charge on any atom is 0.407 e. The Labute approximate surface area is 239 Å². The maximum absolute atomic E-state index is 13.7. The fourth-order valence-electron chi connectivity index (χ4n) is 5.11. The monoisotopic (exact) mass is 559 g/mol. The van der Waals surface area contributed by atoms with Gasteiger partial charge < -0.3 is 30.4 Å². The number of nitrogens with two attached hydrogens (primary N) is 1. The first-order valence-electron chi connectivity index (χ1n) is 13.9. The molecule has 0 bridgehead atoms. The van der Waals surface area contributed by atoms with Gasteiger partial charge in [0, 0.05) is 24.0 Å². The molecule has 4 N–H and O–H groups in total. The molecule has 0 spiro atoms. The van der Waals surface area contributed by atoms with Gasteiger partial charge in [0.1, 0.15) is 11.3 Å². The molecule has 1 heterocycles. The average molecular weight is 560 g/mol. The molecule has 0 radical (unpaired) electrons. The van der Waals surface area contributed by atoms with Crippen LogP contribution in [0.15, 0.2) is 42.5 Å². The molecular weight excluding hydrogens is 522 g/mol. The Morgan fingerprint density at radius 2 is 1.66 bits per heavy atom. The van der Waals surface area contributed by atoms with Crippen LogP contribution in [0.3, 0.4) is 0 Å². The minimum absolute atomic E-state index is 0.0171. The molecule has 1 saturated carbocycles. The van der Waals surface area contributed by atoms with E-state index in [0.29, 0.717) is 65.6 Å². The fourth-order valence-corrected chi connectivity index (χ4v) is 5.11. The van der Waals surface area contributed by atoms with E-state index in [9.17, 15) is 19.6 Å². The van der Waals surface area contributed by atoms with Crippen LogP contribution >= 0.6 is 0 Å². The molecule has 1 fully saturated rings. The summed E-state index contributed by atoms with van der Waals surface area (Å²) in [6.07, 6.45) is 2.37. The summed E-state index contributed by atoms with van der Waals surface area (Å²) in [5, 5.41) is 16.2. The highest BCUT2D eigenvalue weighted by Gasteiger charge is 2.28. The van der Waals surface area contributed by atoms with Crippen LogP contribution in [-0.2, 0) is 16.0 Å². The zero-order valence-electron chi connectivity index (χ0n) is 24.0. The largest absolute Gasteiger partial charge is 0.462 e. The van der Waals surface area contributed by atoms with E-state index >= 15 is 0 Å². The number of fused-ring (bicyclic) bond motifs is 1. The van der Waals surface area contributed by atoms with Gasteiger partial charge in [-0.05, 0) is 89.3 Å². The van der Waals surface area contributed by atoms with Crippen molar-refractivity contribution in [2.45, 2.75) is 77.6 Å². The second-order valence-electron chi connectivity index (χ2n) is 11.3. The number of carbonyl (C=O) groups is 3. The van der Waals surface area contributed by atoms with E-state index in [1.54, 1.807) is 37.3 Å². The Morgan fingerprint density at radius 1 is 1.02 bits per heavy atom. The number of ether oxygens (including phenoxy) is 2. The normalized spacial score (nSPS) is 17.0. The lowest BCUT2D eigenvalue weighted by Crippen LogP contribution is -2.45. The SMILES string of the molecule is CCOC(=O)c1ccc(Cn2c(C(=O)N[C@H]3CC[C@H](NC(=O)OC(C)(C)C)CC3)c(N)c3ccc(C#N)cc32)cc1. The number of hydrogen-bond acceptors (Lipinski definition) is 7. The van der Waals surface area contributed by atoms with Crippen LogP contribution in [0.25, 0.3) is 10.9 Å². The van der Waals surface area contributed by atoms with Crippen LogP contribution in [0, 0.1) is 11.3 Å². The Hall–Kier alpha value is -4.52. The van der Waals surface area contributed by atoms with Crippen molar-refractivity contribution in [1.29, 1.82) is 5.26 Å². The number of nitriles is 1. The number of aromatic nitrogens is 1. The molecule has 10 heteroatoms. The van der Waals surface area contributed by atoms with Crippen LogP contribution < -0.4 is 16.4 Å². The van der Waals surface area contributed by atoms with Gasteiger partial charge in [-0.15, -0.1) is 0 Å². The molecule has 2 amide bonds. The molecule has 3 aromatic rings. The van der Waals surface area contributed by atoms with E-state index in [-0.39, 0.29) is 24.6 Å². The van der Waals surface area contributed by atoms with Crippen molar-refractivity contribution in [2.24, 2.45) is 0 Å². The molecule has 0 atom stereocenters. The van der Waals surface area contributed by atoms with Gasteiger partial charge in [0.15, 0.2) is 0 Å².